The molecule has 20 heavy (non-hydrogen) atoms. The quantitative estimate of drug-likeness (QED) is 0.861. The van der Waals surface area contributed by atoms with E-state index >= 15 is 0 Å². The van der Waals surface area contributed by atoms with Crippen molar-refractivity contribution < 1.29 is 26.4 Å². The van der Waals surface area contributed by atoms with Crippen LogP contribution in [0.5, 0.6) is 0 Å². The van der Waals surface area contributed by atoms with Gasteiger partial charge in [0.05, 0.1) is 6.04 Å². The number of hydrogen-bond acceptors (Lipinski definition) is 3. The number of rotatable bonds is 5. The van der Waals surface area contributed by atoms with Crippen molar-refractivity contribution in [2.45, 2.75) is 18.5 Å². The van der Waals surface area contributed by atoms with E-state index in [0.717, 1.165) is 0 Å². The van der Waals surface area contributed by atoms with Crippen molar-refractivity contribution in [1.29, 1.82) is 0 Å². The van der Waals surface area contributed by atoms with Gasteiger partial charge in [0, 0.05) is 13.5 Å². The van der Waals surface area contributed by atoms with E-state index in [0.29, 0.717) is 5.56 Å². The molecule has 0 aromatic heterocycles. The van der Waals surface area contributed by atoms with Gasteiger partial charge in [-0.05, 0) is 5.56 Å². The average Bonchev–Trinajstić information content (AvgIpc) is 2.33. The number of amides is 1. The summed E-state index contributed by atoms with van der Waals surface area (Å²) in [5.41, 5.74) is -4.89. The van der Waals surface area contributed by atoms with Gasteiger partial charge in [0.1, 0.15) is 0 Å². The van der Waals surface area contributed by atoms with E-state index < -0.39 is 34.0 Å². The Balaban J connectivity index is 2.85. The lowest BCUT2D eigenvalue weighted by Gasteiger charge is -2.19. The molecule has 0 spiro atoms. The SMILES string of the molecule is CC(=O)NC(CNS(=O)(=O)C(F)(F)F)c1ccccc1. The molecule has 1 aromatic rings. The normalized spacial score (nSPS) is 13.8. The minimum Gasteiger partial charge on any atom is -0.348 e. The predicted octanol–water partition coefficient (Wildman–Crippen LogP) is 1.30. The summed E-state index contributed by atoms with van der Waals surface area (Å²) in [6.07, 6.45) is 0. The molecule has 1 aromatic carbocycles. The number of halogens is 3. The fourth-order valence-electron chi connectivity index (χ4n) is 1.46. The van der Waals surface area contributed by atoms with Gasteiger partial charge >= 0.3 is 15.5 Å². The molecule has 0 aliphatic heterocycles. The first kappa shape index (κ1) is 16.4. The van der Waals surface area contributed by atoms with Crippen LogP contribution in [0.4, 0.5) is 13.2 Å². The summed E-state index contributed by atoms with van der Waals surface area (Å²) < 4.78 is 59.9. The highest BCUT2D eigenvalue weighted by atomic mass is 32.2. The Kier molecular flexibility index (Phi) is 5.12. The third-order valence-electron chi connectivity index (χ3n) is 2.36. The van der Waals surface area contributed by atoms with E-state index in [-0.39, 0.29) is 0 Å². The van der Waals surface area contributed by atoms with Crippen molar-refractivity contribution in [3.8, 4) is 0 Å². The van der Waals surface area contributed by atoms with Gasteiger partial charge < -0.3 is 5.32 Å². The van der Waals surface area contributed by atoms with Gasteiger partial charge in [0.2, 0.25) is 5.91 Å². The molecule has 112 valence electrons. The van der Waals surface area contributed by atoms with E-state index in [1.165, 1.54) is 11.6 Å². The Hall–Kier alpha value is -1.61. The van der Waals surface area contributed by atoms with Crippen LogP contribution in [0, 0.1) is 0 Å². The molecule has 0 radical (unpaired) electrons. The van der Waals surface area contributed by atoms with Crippen LogP contribution in [0.15, 0.2) is 30.3 Å². The first-order valence-electron chi connectivity index (χ1n) is 5.51. The molecule has 0 heterocycles. The maximum absolute atomic E-state index is 12.2. The van der Waals surface area contributed by atoms with Crippen LogP contribution in [0.2, 0.25) is 0 Å². The van der Waals surface area contributed by atoms with Gasteiger partial charge in [0.15, 0.2) is 0 Å². The Morgan fingerprint density at radius 2 is 1.80 bits per heavy atom. The predicted molar refractivity (Wildman–Crippen MR) is 66.0 cm³/mol. The van der Waals surface area contributed by atoms with E-state index in [1.54, 1.807) is 30.3 Å². The molecule has 9 heteroatoms. The fraction of sp³-hybridized carbons (Fsp3) is 0.364. The van der Waals surface area contributed by atoms with E-state index in [9.17, 15) is 26.4 Å². The van der Waals surface area contributed by atoms with Crippen LogP contribution >= 0.6 is 0 Å². The summed E-state index contributed by atoms with van der Waals surface area (Å²) in [4.78, 5) is 11.0. The summed E-state index contributed by atoms with van der Waals surface area (Å²) >= 11 is 0. The molecule has 0 aliphatic rings. The van der Waals surface area contributed by atoms with E-state index in [2.05, 4.69) is 5.32 Å². The van der Waals surface area contributed by atoms with Crippen LogP contribution in [0.1, 0.15) is 18.5 Å². The Morgan fingerprint density at radius 3 is 2.25 bits per heavy atom. The number of carbonyl (C=O) groups is 1. The first-order chi connectivity index (χ1) is 9.13. The molecule has 1 unspecified atom stereocenters. The summed E-state index contributed by atoms with van der Waals surface area (Å²) in [5, 5.41) is 2.39. The highest BCUT2D eigenvalue weighted by molar-refractivity contribution is 7.90. The molecule has 2 N–H and O–H groups in total. The van der Waals surface area contributed by atoms with Gasteiger partial charge in [-0.2, -0.15) is 13.2 Å². The zero-order valence-corrected chi connectivity index (χ0v) is 11.3. The smallest absolute Gasteiger partial charge is 0.348 e. The second-order valence-electron chi connectivity index (χ2n) is 3.96. The maximum Gasteiger partial charge on any atom is 0.511 e. The minimum atomic E-state index is -5.44. The summed E-state index contributed by atoms with van der Waals surface area (Å²) in [6, 6.07) is 7.20. The molecule has 0 saturated heterocycles. The summed E-state index contributed by atoms with van der Waals surface area (Å²) in [6.45, 7) is 0.597. The highest BCUT2D eigenvalue weighted by Crippen LogP contribution is 2.22. The topological polar surface area (TPSA) is 75.3 Å². The number of sulfonamides is 1. The van der Waals surface area contributed by atoms with Crippen LogP contribution in [-0.4, -0.2) is 26.4 Å². The summed E-state index contributed by atoms with van der Waals surface area (Å²) in [7, 11) is -5.44. The second-order valence-corrected chi connectivity index (χ2v) is 5.72. The molecule has 1 atom stereocenters. The van der Waals surface area contributed by atoms with Crippen molar-refractivity contribution in [2.24, 2.45) is 0 Å². The largest absolute Gasteiger partial charge is 0.511 e. The molecule has 0 aliphatic carbocycles. The monoisotopic (exact) mass is 310 g/mol. The van der Waals surface area contributed by atoms with Crippen molar-refractivity contribution in [3.05, 3.63) is 35.9 Å². The van der Waals surface area contributed by atoms with E-state index in [4.69, 9.17) is 0 Å². The Morgan fingerprint density at radius 1 is 1.25 bits per heavy atom. The zero-order chi connectivity index (χ0) is 15.4. The average molecular weight is 310 g/mol. The molecule has 5 nitrogen and oxygen atoms in total. The molecule has 0 bridgehead atoms. The van der Waals surface area contributed by atoms with Crippen LogP contribution in [0.3, 0.4) is 0 Å². The maximum atomic E-state index is 12.2. The first-order valence-corrected chi connectivity index (χ1v) is 7.00. The standard InChI is InChI=1S/C11H13F3N2O3S/c1-8(17)16-10(9-5-3-2-4-6-9)7-15-20(18,19)11(12,13)14/h2-6,10,15H,7H2,1H3,(H,16,17). The molecule has 1 amide bonds. The fourth-order valence-corrected chi connectivity index (χ4v) is 2.01. The third kappa shape index (κ3) is 4.49. The van der Waals surface area contributed by atoms with Gasteiger partial charge in [-0.15, -0.1) is 0 Å². The third-order valence-corrected chi connectivity index (χ3v) is 3.52. The van der Waals surface area contributed by atoms with Gasteiger partial charge in [0.25, 0.3) is 0 Å². The second kappa shape index (κ2) is 6.23. The molecular formula is C11H13F3N2O3S. The summed E-state index contributed by atoms with van der Waals surface area (Å²) in [5.74, 6) is -0.481. The molecule has 0 fully saturated rings. The molecule has 0 saturated carbocycles. The lowest BCUT2D eigenvalue weighted by atomic mass is 10.1. The van der Waals surface area contributed by atoms with Crippen LogP contribution in [0.25, 0.3) is 0 Å². The number of hydrogen-bond donors (Lipinski definition) is 2. The number of alkyl halides is 3. The molecular weight excluding hydrogens is 297 g/mol. The lowest BCUT2D eigenvalue weighted by Crippen LogP contribution is -2.42. The Labute approximate surface area is 114 Å². The van der Waals surface area contributed by atoms with E-state index in [1.807, 2.05) is 0 Å². The van der Waals surface area contributed by atoms with Crippen LogP contribution in [-0.2, 0) is 14.8 Å². The number of carbonyl (C=O) groups excluding carboxylic acids is 1. The minimum absolute atomic E-state index is 0.481. The van der Waals surface area contributed by atoms with Gasteiger partial charge in [-0.3, -0.25) is 4.79 Å². The van der Waals surface area contributed by atoms with Crippen molar-refractivity contribution in [1.82, 2.24) is 10.0 Å². The highest BCUT2D eigenvalue weighted by Gasteiger charge is 2.45. The van der Waals surface area contributed by atoms with Crippen molar-refractivity contribution >= 4 is 15.9 Å². The lowest BCUT2D eigenvalue weighted by molar-refractivity contribution is -0.119. The van der Waals surface area contributed by atoms with Crippen molar-refractivity contribution in [3.63, 3.8) is 0 Å². The van der Waals surface area contributed by atoms with Gasteiger partial charge in [-0.25, -0.2) is 13.1 Å². The Bertz CT molecular complexity index is 558. The number of nitrogens with one attached hydrogen (secondary N) is 2. The van der Waals surface area contributed by atoms with Crippen molar-refractivity contribution in [2.75, 3.05) is 6.54 Å². The van der Waals surface area contributed by atoms with Gasteiger partial charge in [-0.1, -0.05) is 30.3 Å². The van der Waals surface area contributed by atoms with Crippen LogP contribution < -0.4 is 10.0 Å². The number of benzene rings is 1. The molecule has 1 rings (SSSR count). The zero-order valence-electron chi connectivity index (χ0n) is 10.4.